The zero-order chi connectivity index (χ0) is 31.0. The Morgan fingerprint density at radius 1 is 1.12 bits per heavy atom. The molecule has 0 aliphatic carbocycles. The number of anilines is 2. The van der Waals surface area contributed by atoms with Crippen LogP contribution in [0, 0.1) is 5.92 Å². The first-order chi connectivity index (χ1) is 18.7. The molecule has 0 bridgehead atoms. The van der Waals surface area contributed by atoms with Gasteiger partial charge in [-0.2, -0.15) is 13.2 Å². The third-order valence-electron chi connectivity index (χ3n) is 5.83. The normalized spacial score (nSPS) is 16.7. The van der Waals surface area contributed by atoms with Gasteiger partial charge in [-0.15, -0.1) is 13.2 Å². The van der Waals surface area contributed by atoms with Gasteiger partial charge in [-0.05, 0) is 50.6 Å². The van der Waals surface area contributed by atoms with Crippen LogP contribution >= 0.6 is 0 Å². The summed E-state index contributed by atoms with van der Waals surface area (Å²) >= 11 is 0. The van der Waals surface area contributed by atoms with E-state index in [2.05, 4.69) is 14.8 Å². The molecule has 41 heavy (non-hydrogen) atoms. The highest BCUT2D eigenvalue weighted by molar-refractivity contribution is 7.92. The number of alkyl halides is 6. The lowest BCUT2D eigenvalue weighted by Gasteiger charge is -2.36. The fraction of sp³-hybridized carbons (Fsp3) is 0.417. The molecule has 3 rings (SSSR count). The van der Waals surface area contributed by atoms with Crippen molar-refractivity contribution >= 4 is 33.5 Å². The average molecular weight is 615 g/mol. The van der Waals surface area contributed by atoms with Gasteiger partial charge in [0.15, 0.2) is 0 Å². The summed E-state index contributed by atoms with van der Waals surface area (Å²) in [4.78, 5) is 22.9. The number of rotatable bonds is 8. The van der Waals surface area contributed by atoms with E-state index in [0.29, 0.717) is 19.9 Å². The van der Waals surface area contributed by atoms with E-state index in [1.54, 1.807) is 0 Å². The van der Waals surface area contributed by atoms with Crippen molar-refractivity contribution < 1.29 is 63.7 Å². The van der Waals surface area contributed by atoms with Crippen molar-refractivity contribution in [1.82, 2.24) is 0 Å². The molecule has 10 nitrogen and oxygen atoms in total. The molecule has 1 amide bonds. The first kappa shape index (κ1) is 31.6. The minimum Gasteiger partial charge on any atom is -0.486 e. The van der Waals surface area contributed by atoms with Crippen molar-refractivity contribution in [1.29, 1.82) is 0 Å². The molecular formula is C24H24F6N2O8S. The molecule has 0 fully saturated rings. The van der Waals surface area contributed by atoms with Crippen LogP contribution in [0.4, 0.5) is 42.5 Å². The number of aliphatic carboxylic acids is 1. The van der Waals surface area contributed by atoms with Crippen molar-refractivity contribution in [3.8, 4) is 11.5 Å². The predicted octanol–water partition coefficient (Wildman–Crippen LogP) is 5.54. The molecule has 2 aromatic carbocycles. The highest BCUT2D eigenvalue weighted by atomic mass is 32.2. The second kappa shape index (κ2) is 11.2. The van der Waals surface area contributed by atoms with E-state index < -0.39 is 69.4 Å². The van der Waals surface area contributed by atoms with Gasteiger partial charge in [0.2, 0.25) is 5.60 Å². The van der Waals surface area contributed by atoms with Crippen LogP contribution < -0.4 is 19.1 Å². The predicted molar refractivity (Wildman–Crippen MR) is 130 cm³/mol. The monoisotopic (exact) mass is 614 g/mol. The molecule has 17 heteroatoms. The summed E-state index contributed by atoms with van der Waals surface area (Å²) in [5, 5.41) is 11.3. The Balaban J connectivity index is 2.01. The van der Waals surface area contributed by atoms with Gasteiger partial charge in [0.1, 0.15) is 17.6 Å². The van der Waals surface area contributed by atoms with Crippen molar-refractivity contribution in [3.05, 3.63) is 42.5 Å². The van der Waals surface area contributed by atoms with Crippen molar-refractivity contribution in [3.63, 3.8) is 0 Å². The van der Waals surface area contributed by atoms with Crippen LogP contribution in [0.15, 0.2) is 47.4 Å². The number of amides is 1. The Hall–Kier alpha value is -3.89. The van der Waals surface area contributed by atoms with E-state index >= 15 is 0 Å². The highest BCUT2D eigenvalue weighted by Gasteiger charge is 2.51. The molecular weight excluding hydrogens is 590 g/mol. The van der Waals surface area contributed by atoms with E-state index in [1.165, 1.54) is 19.1 Å². The number of fused-ring (bicyclic) bond motifs is 1. The molecule has 2 aromatic rings. The maximum absolute atomic E-state index is 13.6. The summed E-state index contributed by atoms with van der Waals surface area (Å²) in [6, 6.07) is 6.92. The Morgan fingerprint density at radius 2 is 1.78 bits per heavy atom. The molecule has 1 aliphatic rings. The molecule has 1 heterocycles. The lowest BCUT2D eigenvalue weighted by molar-refractivity contribution is -0.274. The van der Waals surface area contributed by atoms with Crippen molar-refractivity contribution in [2.45, 2.75) is 56.3 Å². The molecule has 0 spiro atoms. The molecule has 226 valence electrons. The Morgan fingerprint density at radius 3 is 2.37 bits per heavy atom. The van der Waals surface area contributed by atoms with Crippen molar-refractivity contribution in [2.24, 2.45) is 5.92 Å². The quantitative estimate of drug-likeness (QED) is 0.371. The number of carbonyl (C=O) groups is 2. The number of carboxylic acids is 1. The molecule has 0 saturated carbocycles. The van der Waals surface area contributed by atoms with E-state index in [9.17, 15) is 49.5 Å². The van der Waals surface area contributed by atoms with Gasteiger partial charge in [0.25, 0.3) is 10.0 Å². The SMILES string of the molecule is C[C@H](C[C@H]1CN(S(=O)(=O)c2cccc(OC(F)(F)F)c2)c2cc(NC(=O)OC(C)(C)C(F)(F)F)ccc2O1)C(=O)O. The summed E-state index contributed by atoms with van der Waals surface area (Å²) in [6.45, 7) is 2.11. The first-order valence-electron chi connectivity index (χ1n) is 11.7. The van der Waals surface area contributed by atoms with Crippen LogP contribution in [-0.4, -0.2) is 56.4 Å². The van der Waals surface area contributed by atoms with Gasteiger partial charge < -0.3 is 19.3 Å². The highest BCUT2D eigenvalue weighted by Crippen LogP contribution is 2.41. The maximum Gasteiger partial charge on any atom is 0.573 e. The third kappa shape index (κ3) is 7.65. The maximum atomic E-state index is 13.6. The number of nitrogens with one attached hydrogen (secondary N) is 1. The Kier molecular flexibility index (Phi) is 8.62. The van der Waals surface area contributed by atoms with Gasteiger partial charge in [0.05, 0.1) is 23.0 Å². The second-order valence-corrected chi connectivity index (χ2v) is 11.3. The largest absolute Gasteiger partial charge is 0.573 e. The second-order valence-electron chi connectivity index (χ2n) is 9.48. The van der Waals surface area contributed by atoms with Crippen LogP contribution in [0.1, 0.15) is 27.2 Å². The topological polar surface area (TPSA) is 131 Å². The number of carboxylic acid groups (broad SMARTS) is 1. The molecule has 0 aromatic heterocycles. The van der Waals surface area contributed by atoms with E-state index in [-0.39, 0.29) is 23.5 Å². The number of hydrogen-bond donors (Lipinski definition) is 2. The van der Waals surface area contributed by atoms with E-state index in [1.807, 2.05) is 0 Å². The van der Waals surface area contributed by atoms with Crippen molar-refractivity contribution in [2.75, 3.05) is 16.2 Å². The summed E-state index contributed by atoms with van der Waals surface area (Å²) in [6.07, 6.45) is -12.7. The number of halogens is 6. The molecule has 1 aliphatic heterocycles. The Labute approximate surface area is 229 Å². The zero-order valence-corrected chi connectivity index (χ0v) is 22.4. The summed E-state index contributed by atoms with van der Waals surface area (Å²) in [5.41, 5.74) is -3.30. The van der Waals surface area contributed by atoms with Crippen LogP contribution in [0.2, 0.25) is 0 Å². The first-order valence-corrected chi connectivity index (χ1v) is 13.1. The van der Waals surface area contributed by atoms with Gasteiger partial charge in [-0.1, -0.05) is 13.0 Å². The van der Waals surface area contributed by atoms with Crippen LogP contribution in [0.5, 0.6) is 11.5 Å². The number of carbonyl (C=O) groups excluding carboxylic acids is 1. The fourth-order valence-corrected chi connectivity index (χ4v) is 5.16. The number of nitrogens with zero attached hydrogens (tertiary/aromatic N) is 1. The molecule has 0 unspecified atom stereocenters. The molecule has 2 N–H and O–H groups in total. The van der Waals surface area contributed by atoms with Gasteiger partial charge in [-0.3, -0.25) is 14.4 Å². The smallest absolute Gasteiger partial charge is 0.486 e. The standard InChI is InChI=1S/C24H24F6N2O8S/c1-13(20(33)34)9-16-12-32(41(36,37)17-6-4-5-15(11-17)39-24(28,29)30)18-10-14(7-8-19(18)38-16)31-21(35)40-22(2,3)23(25,26)27/h4-8,10-11,13,16H,9,12H2,1-3H3,(H,31,35)(H,33,34)/t13-,16+/m1/s1. The zero-order valence-electron chi connectivity index (χ0n) is 21.5. The number of benzene rings is 2. The number of ether oxygens (including phenoxy) is 3. The number of sulfonamides is 1. The minimum atomic E-state index is -5.11. The fourth-order valence-electron chi connectivity index (χ4n) is 3.63. The average Bonchev–Trinajstić information content (AvgIpc) is 2.81. The van der Waals surface area contributed by atoms with E-state index in [4.69, 9.17) is 4.74 Å². The van der Waals surface area contributed by atoms with Gasteiger partial charge in [-0.25, -0.2) is 13.2 Å². The molecule has 2 atom stereocenters. The lowest BCUT2D eigenvalue weighted by Crippen LogP contribution is -2.45. The van der Waals surface area contributed by atoms with E-state index in [0.717, 1.165) is 28.6 Å². The van der Waals surface area contributed by atoms with Gasteiger partial charge in [0, 0.05) is 11.8 Å². The van der Waals surface area contributed by atoms with Gasteiger partial charge >= 0.3 is 24.6 Å². The summed E-state index contributed by atoms with van der Waals surface area (Å²) in [5.74, 6) is -3.10. The third-order valence-corrected chi connectivity index (χ3v) is 7.61. The minimum absolute atomic E-state index is 0.111. The molecule has 0 radical (unpaired) electrons. The molecule has 0 saturated heterocycles. The van der Waals surface area contributed by atoms with Crippen LogP contribution in [-0.2, 0) is 19.6 Å². The lowest BCUT2D eigenvalue weighted by atomic mass is 10.0. The van der Waals surface area contributed by atoms with Crippen LogP contribution in [0.25, 0.3) is 0 Å². The summed E-state index contributed by atoms with van der Waals surface area (Å²) in [7, 11) is -4.67. The number of hydrogen-bond acceptors (Lipinski definition) is 7. The Bertz CT molecular complexity index is 1410. The van der Waals surface area contributed by atoms with Crippen LogP contribution in [0.3, 0.4) is 0 Å². The summed E-state index contributed by atoms with van der Waals surface area (Å²) < 4.78 is 119.